The number of nitrogens with zero attached hydrogens (tertiary/aromatic N) is 2. The van der Waals surface area contributed by atoms with Crippen LogP contribution < -0.4 is 4.74 Å². The van der Waals surface area contributed by atoms with Crippen LogP contribution in [0.4, 0.5) is 0 Å². The number of para-hydroxylation sites is 1. The molecule has 5 heteroatoms. The van der Waals surface area contributed by atoms with Gasteiger partial charge in [-0.15, -0.1) is 0 Å². The number of fused-ring (bicyclic) bond motifs is 1. The van der Waals surface area contributed by atoms with E-state index in [9.17, 15) is 5.11 Å². The molecule has 30 heavy (non-hydrogen) atoms. The number of rotatable bonds is 7. The summed E-state index contributed by atoms with van der Waals surface area (Å²) in [5.74, 6) is 1.29. The highest BCUT2D eigenvalue weighted by atomic mass is 16.5. The van der Waals surface area contributed by atoms with Crippen molar-refractivity contribution in [3.8, 4) is 11.8 Å². The number of aromatic amines is 1. The average molecular weight is 404 g/mol. The molecular weight excluding hydrogens is 374 g/mol. The number of nitriles is 1. The molecule has 3 aromatic rings. The summed E-state index contributed by atoms with van der Waals surface area (Å²) in [5.41, 5.74) is 4.94. The molecular formula is C25H29N3O2. The molecule has 1 saturated heterocycles. The van der Waals surface area contributed by atoms with E-state index in [0.29, 0.717) is 18.9 Å². The number of ether oxygens (including phenoxy) is 1. The summed E-state index contributed by atoms with van der Waals surface area (Å²) in [7, 11) is 0. The fraction of sp³-hybridized carbons (Fsp3) is 0.400. The van der Waals surface area contributed by atoms with Crippen LogP contribution in [-0.4, -0.2) is 47.3 Å². The van der Waals surface area contributed by atoms with Crippen LogP contribution in [0.3, 0.4) is 0 Å². The predicted octanol–water partition coefficient (Wildman–Crippen LogP) is 4.16. The van der Waals surface area contributed by atoms with Gasteiger partial charge in [-0.3, -0.25) is 0 Å². The van der Waals surface area contributed by atoms with Crippen molar-refractivity contribution in [3.05, 3.63) is 65.4 Å². The highest BCUT2D eigenvalue weighted by Gasteiger charge is 2.25. The summed E-state index contributed by atoms with van der Waals surface area (Å²) in [4.78, 5) is 5.86. The summed E-state index contributed by atoms with van der Waals surface area (Å²) in [6.45, 7) is 5.06. The number of β-amino-alcohol motifs (C(OH)–C–C–N with tert-alkyl or cyclic N) is 1. The zero-order valence-corrected chi connectivity index (χ0v) is 17.5. The number of aromatic nitrogens is 1. The molecule has 0 amide bonds. The van der Waals surface area contributed by atoms with E-state index in [0.717, 1.165) is 37.2 Å². The van der Waals surface area contributed by atoms with Crippen LogP contribution in [0.2, 0.25) is 0 Å². The summed E-state index contributed by atoms with van der Waals surface area (Å²) in [6, 6.07) is 18.2. The molecule has 0 aliphatic carbocycles. The van der Waals surface area contributed by atoms with Crippen molar-refractivity contribution < 1.29 is 9.84 Å². The molecule has 1 fully saturated rings. The first-order valence-corrected chi connectivity index (χ1v) is 10.7. The second-order valence-corrected chi connectivity index (χ2v) is 8.23. The van der Waals surface area contributed by atoms with Gasteiger partial charge in [0.1, 0.15) is 18.5 Å². The summed E-state index contributed by atoms with van der Waals surface area (Å²) in [6.07, 6.45) is 2.10. The number of nitrogens with one attached hydrogen (secondary N) is 1. The van der Waals surface area contributed by atoms with Gasteiger partial charge in [0.25, 0.3) is 0 Å². The third-order valence-electron chi connectivity index (χ3n) is 6.06. The molecule has 0 bridgehead atoms. The topological polar surface area (TPSA) is 72.3 Å². The molecule has 1 atom stereocenters. The minimum absolute atomic E-state index is 0.277. The van der Waals surface area contributed by atoms with E-state index in [4.69, 9.17) is 10.00 Å². The lowest BCUT2D eigenvalue weighted by Crippen LogP contribution is -2.40. The third-order valence-corrected chi connectivity index (χ3v) is 6.06. The Hall–Kier alpha value is -2.81. The second kappa shape index (κ2) is 9.34. The van der Waals surface area contributed by atoms with Gasteiger partial charge in [0, 0.05) is 23.1 Å². The van der Waals surface area contributed by atoms with Crippen molar-refractivity contribution in [2.45, 2.75) is 38.2 Å². The molecule has 2 heterocycles. The number of aliphatic hydroxyl groups is 1. The number of hydrogen-bond donors (Lipinski definition) is 2. The number of aryl methyl sites for hydroxylation is 1. The molecule has 5 nitrogen and oxygen atoms in total. The number of piperidine rings is 1. The summed E-state index contributed by atoms with van der Waals surface area (Å²) < 4.78 is 5.72. The lowest BCUT2D eigenvalue weighted by molar-refractivity contribution is 0.0594. The van der Waals surface area contributed by atoms with Crippen molar-refractivity contribution in [3.63, 3.8) is 0 Å². The average Bonchev–Trinajstić information content (AvgIpc) is 3.10. The maximum Gasteiger partial charge on any atom is 0.119 e. The van der Waals surface area contributed by atoms with Gasteiger partial charge in [-0.2, -0.15) is 5.26 Å². The Bertz CT molecular complexity index is 1010. The van der Waals surface area contributed by atoms with E-state index in [1.165, 1.54) is 22.2 Å². The molecule has 1 aliphatic heterocycles. The van der Waals surface area contributed by atoms with Crippen molar-refractivity contribution in [2.75, 3.05) is 26.2 Å². The van der Waals surface area contributed by atoms with Gasteiger partial charge in [-0.05, 0) is 68.1 Å². The number of hydrogen-bond acceptors (Lipinski definition) is 4. The Labute approximate surface area is 177 Å². The largest absolute Gasteiger partial charge is 0.491 e. The number of likely N-dealkylation sites (tertiary alicyclic amines) is 1. The summed E-state index contributed by atoms with van der Waals surface area (Å²) >= 11 is 0. The van der Waals surface area contributed by atoms with E-state index in [1.807, 2.05) is 24.3 Å². The fourth-order valence-corrected chi connectivity index (χ4v) is 4.57. The van der Waals surface area contributed by atoms with Crippen LogP contribution in [0.15, 0.2) is 48.5 Å². The monoisotopic (exact) mass is 403 g/mol. The Morgan fingerprint density at radius 3 is 2.63 bits per heavy atom. The van der Waals surface area contributed by atoms with Gasteiger partial charge in [-0.25, -0.2) is 0 Å². The summed E-state index contributed by atoms with van der Waals surface area (Å²) in [5, 5.41) is 20.5. The van der Waals surface area contributed by atoms with E-state index >= 15 is 0 Å². The Kier molecular flexibility index (Phi) is 6.37. The number of aliphatic hydroxyl groups excluding tert-OH is 1. The zero-order valence-electron chi connectivity index (χ0n) is 17.5. The highest BCUT2D eigenvalue weighted by Crippen LogP contribution is 2.35. The molecule has 0 spiro atoms. The fourth-order valence-electron chi connectivity index (χ4n) is 4.57. The van der Waals surface area contributed by atoms with Gasteiger partial charge < -0.3 is 19.7 Å². The highest BCUT2D eigenvalue weighted by molar-refractivity contribution is 5.85. The van der Waals surface area contributed by atoms with Crippen LogP contribution in [-0.2, 0) is 6.42 Å². The first-order valence-electron chi connectivity index (χ1n) is 10.7. The van der Waals surface area contributed by atoms with E-state index in [-0.39, 0.29) is 6.61 Å². The Balaban J connectivity index is 1.26. The van der Waals surface area contributed by atoms with E-state index < -0.39 is 6.10 Å². The minimum Gasteiger partial charge on any atom is -0.491 e. The first-order chi connectivity index (χ1) is 14.6. The molecule has 2 aromatic carbocycles. The standard InChI is InChI=1S/C25H29N3O2/c1-18-25(23-4-2-3-5-24(23)27-18)20-11-14-28(15-12-20)16-21(29)17-30-22-8-6-19(7-9-22)10-13-26/h2-9,20-21,27,29H,10-12,14-17H2,1H3. The normalized spacial score (nSPS) is 16.4. The maximum atomic E-state index is 10.4. The zero-order chi connectivity index (χ0) is 20.9. The molecule has 1 unspecified atom stereocenters. The van der Waals surface area contributed by atoms with Gasteiger partial charge >= 0.3 is 0 Å². The maximum absolute atomic E-state index is 10.4. The van der Waals surface area contributed by atoms with Crippen LogP contribution in [0, 0.1) is 18.3 Å². The van der Waals surface area contributed by atoms with Crippen molar-refractivity contribution in [2.24, 2.45) is 0 Å². The molecule has 4 rings (SSSR count). The molecule has 156 valence electrons. The Morgan fingerprint density at radius 2 is 1.90 bits per heavy atom. The van der Waals surface area contributed by atoms with Gasteiger partial charge in [0.2, 0.25) is 0 Å². The molecule has 0 radical (unpaired) electrons. The lowest BCUT2D eigenvalue weighted by Gasteiger charge is -2.33. The van der Waals surface area contributed by atoms with E-state index in [1.54, 1.807) is 0 Å². The predicted molar refractivity (Wildman–Crippen MR) is 119 cm³/mol. The third kappa shape index (κ3) is 4.67. The SMILES string of the molecule is Cc1[nH]c2ccccc2c1C1CCN(CC(O)COc2ccc(CC#N)cc2)CC1. The van der Waals surface area contributed by atoms with Crippen LogP contribution in [0.25, 0.3) is 10.9 Å². The van der Waals surface area contributed by atoms with Gasteiger partial charge in [-0.1, -0.05) is 30.3 Å². The van der Waals surface area contributed by atoms with Gasteiger partial charge in [0.05, 0.1) is 12.5 Å². The quantitative estimate of drug-likeness (QED) is 0.621. The molecule has 0 saturated carbocycles. The number of benzene rings is 2. The molecule has 2 N–H and O–H groups in total. The van der Waals surface area contributed by atoms with Crippen molar-refractivity contribution in [1.29, 1.82) is 5.26 Å². The smallest absolute Gasteiger partial charge is 0.119 e. The van der Waals surface area contributed by atoms with Crippen molar-refractivity contribution >= 4 is 10.9 Å². The molecule has 1 aromatic heterocycles. The molecule has 1 aliphatic rings. The second-order valence-electron chi connectivity index (χ2n) is 8.23. The van der Waals surface area contributed by atoms with Gasteiger partial charge in [0.15, 0.2) is 0 Å². The minimum atomic E-state index is -0.518. The van der Waals surface area contributed by atoms with Crippen molar-refractivity contribution in [1.82, 2.24) is 9.88 Å². The van der Waals surface area contributed by atoms with E-state index in [2.05, 4.69) is 47.1 Å². The number of H-pyrrole nitrogens is 1. The lowest BCUT2D eigenvalue weighted by atomic mass is 9.87. The Morgan fingerprint density at radius 1 is 1.17 bits per heavy atom. The van der Waals surface area contributed by atoms with Crippen LogP contribution in [0.5, 0.6) is 5.75 Å². The van der Waals surface area contributed by atoms with Crippen LogP contribution >= 0.6 is 0 Å². The first kappa shape index (κ1) is 20.5. The van der Waals surface area contributed by atoms with Crippen LogP contribution in [0.1, 0.15) is 35.6 Å².